The lowest BCUT2D eigenvalue weighted by molar-refractivity contribution is -0.385. The van der Waals surface area contributed by atoms with E-state index in [1.165, 1.54) is 82.3 Å². The van der Waals surface area contributed by atoms with Gasteiger partial charge in [-0.3, -0.25) is 19.7 Å². The van der Waals surface area contributed by atoms with E-state index >= 15 is 0 Å². The Morgan fingerprint density at radius 2 is 1.36 bits per heavy atom. The number of Topliss-reactive ketones (excluding diaryl/α,β-unsaturated/α-hetero) is 1. The van der Waals surface area contributed by atoms with Gasteiger partial charge in [0, 0.05) is 18.2 Å². The highest BCUT2D eigenvalue weighted by Gasteiger charge is 2.47. The number of para-hydroxylation sites is 1. The Bertz CT molecular complexity index is 1210. The van der Waals surface area contributed by atoms with Crippen molar-refractivity contribution in [3.05, 3.63) is 75.3 Å². The first-order valence-corrected chi connectivity index (χ1v) is 15.6. The maximum absolute atomic E-state index is 13.3. The first-order chi connectivity index (χ1) is 20.4. The molecule has 8 nitrogen and oxygen atoms in total. The van der Waals surface area contributed by atoms with Gasteiger partial charge in [-0.1, -0.05) is 103 Å². The summed E-state index contributed by atoms with van der Waals surface area (Å²) in [4.78, 5) is 39.2. The number of nitrogens with zero attached hydrogens (tertiary/aromatic N) is 2. The van der Waals surface area contributed by atoms with Crippen molar-refractivity contribution in [2.24, 2.45) is 0 Å². The van der Waals surface area contributed by atoms with Crippen LogP contribution >= 0.6 is 0 Å². The molecule has 0 bridgehead atoms. The van der Waals surface area contributed by atoms with Crippen LogP contribution in [0.2, 0.25) is 0 Å². The third kappa shape index (κ3) is 8.91. The summed E-state index contributed by atoms with van der Waals surface area (Å²) in [6.45, 7) is 2.52. The largest absolute Gasteiger partial charge is 0.507 e. The molecule has 1 amide bonds. The fourth-order valence-corrected chi connectivity index (χ4v) is 5.70. The van der Waals surface area contributed by atoms with Gasteiger partial charge in [0.2, 0.25) is 0 Å². The maximum atomic E-state index is 13.3. The van der Waals surface area contributed by atoms with Crippen molar-refractivity contribution in [1.29, 1.82) is 0 Å². The Kier molecular flexibility index (Phi) is 13.5. The Labute approximate surface area is 249 Å². The highest BCUT2D eigenvalue weighted by atomic mass is 16.6. The summed E-state index contributed by atoms with van der Waals surface area (Å²) in [6, 6.07) is 11.5. The number of rotatable bonds is 19. The van der Waals surface area contributed by atoms with Crippen molar-refractivity contribution < 1.29 is 24.4 Å². The first-order valence-electron chi connectivity index (χ1n) is 15.6. The number of carbonyl (C=O) groups is 2. The molecule has 3 rings (SSSR count). The molecule has 1 saturated heterocycles. The Morgan fingerprint density at radius 3 is 1.88 bits per heavy atom. The molecule has 1 atom stereocenters. The minimum Gasteiger partial charge on any atom is -0.507 e. The number of aliphatic hydroxyl groups excluding tert-OH is 1. The van der Waals surface area contributed by atoms with Gasteiger partial charge in [-0.2, -0.15) is 0 Å². The van der Waals surface area contributed by atoms with Crippen LogP contribution in [0.5, 0.6) is 5.75 Å². The molecule has 2 aromatic carbocycles. The third-order valence-electron chi connectivity index (χ3n) is 8.08. The van der Waals surface area contributed by atoms with E-state index < -0.39 is 22.7 Å². The number of hydrogen-bond donors (Lipinski definition) is 1. The number of amides is 1. The summed E-state index contributed by atoms with van der Waals surface area (Å²) in [5.74, 6) is -1.37. The fourth-order valence-electron chi connectivity index (χ4n) is 5.70. The van der Waals surface area contributed by atoms with Gasteiger partial charge in [0.1, 0.15) is 11.5 Å². The second-order valence-electron chi connectivity index (χ2n) is 11.1. The SMILES string of the molecule is CCCCCCCCCCCCCCCCN1C(=O)C(=O)C(=C(O)c2ccc(OC)cc2)[C@@H]1c1ccccc1[N+](=O)[O-]. The minimum atomic E-state index is -1.05. The van der Waals surface area contributed by atoms with Crippen LogP contribution < -0.4 is 4.74 Å². The summed E-state index contributed by atoms with van der Waals surface area (Å²) in [5.41, 5.74) is 0.205. The molecule has 0 unspecified atom stereocenters. The summed E-state index contributed by atoms with van der Waals surface area (Å²) < 4.78 is 5.18. The van der Waals surface area contributed by atoms with Crippen molar-refractivity contribution in [2.45, 2.75) is 103 Å². The minimum absolute atomic E-state index is 0.134. The van der Waals surface area contributed by atoms with Gasteiger partial charge in [0.05, 0.1) is 29.2 Å². The van der Waals surface area contributed by atoms with E-state index in [4.69, 9.17) is 4.74 Å². The van der Waals surface area contributed by atoms with E-state index in [1.54, 1.807) is 42.5 Å². The highest BCUT2D eigenvalue weighted by molar-refractivity contribution is 6.46. The molecule has 0 aliphatic carbocycles. The number of likely N-dealkylation sites (tertiary alicyclic amines) is 1. The van der Waals surface area contributed by atoms with Crippen molar-refractivity contribution >= 4 is 23.1 Å². The van der Waals surface area contributed by atoms with Crippen LogP contribution in [0.25, 0.3) is 5.76 Å². The summed E-state index contributed by atoms with van der Waals surface area (Å²) in [6.07, 6.45) is 16.8. The predicted octanol–water partition coefficient (Wildman–Crippen LogP) is 8.51. The number of hydrogen-bond acceptors (Lipinski definition) is 6. The molecule has 228 valence electrons. The number of ether oxygens (including phenoxy) is 1. The molecule has 1 fully saturated rings. The normalized spacial score (nSPS) is 16.2. The van der Waals surface area contributed by atoms with E-state index in [9.17, 15) is 24.8 Å². The fraction of sp³-hybridized carbons (Fsp3) is 0.529. The lowest BCUT2D eigenvalue weighted by Gasteiger charge is -2.25. The molecular weight excluding hydrogens is 532 g/mol. The zero-order valence-electron chi connectivity index (χ0n) is 25.2. The topological polar surface area (TPSA) is 110 Å². The number of aliphatic hydroxyl groups is 1. The molecule has 1 aliphatic heterocycles. The second kappa shape index (κ2) is 17.3. The Morgan fingerprint density at radius 1 is 0.833 bits per heavy atom. The van der Waals surface area contributed by atoms with Gasteiger partial charge < -0.3 is 14.7 Å². The lowest BCUT2D eigenvalue weighted by atomic mass is 9.94. The molecule has 0 radical (unpaired) electrons. The summed E-state index contributed by atoms with van der Waals surface area (Å²) >= 11 is 0. The molecule has 42 heavy (non-hydrogen) atoms. The van der Waals surface area contributed by atoms with Crippen LogP contribution in [0.4, 0.5) is 5.69 Å². The third-order valence-corrected chi connectivity index (χ3v) is 8.08. The van der Waals surface area contributed by atoms with Crippen LogP contribution in [0, 0.1) is 10.1 Å². The summed E-state index contributed by atoms with van der Waals surface area (Å²) in [5, 5.41) is 23.1. The molecule has 0 spiro atoms. The highest BCUT2D eigenvalue weighted by Crippen LogP contribution is 2.42. The van der Waals surface area contributed by atoms with Gasteiger partial charge in [0.15, 0.2) is 0 Å². The second-order valence-corrected chi connectivity index (χ2v) is 11.1. The van der Waals surface area contributed by atoms with Crippen molar-refractivity contribution in [2.75, 3.05) is 13.7 Å². The average Bonchev–Trinajstić information content (AvgIpc) is 3.25. The number of carbonyl (C=O) groups excluding carboxylic acids is 2. The molecule has 8 heteroatoms. The molecule has 1 N–H and O–H groups in total. The molecule has 0 aromatic heterocycles. The van der Waals surface area contributed by atoms with Crippen LogP contribution in [-0.4, -0.2) is 40.3 Å². The van der Waals surface area contributed by atoms with Crippen LogP contribution in [-0.2, 0) is 9.59 Å². The van der Waals surface area contributed by atoms with E-state index in [-0.39, 0.29) is 29.1 Å². The zero-order chi connectivity index (χ0) is 30.3. The predicted molar refractivity (Wildman–Crippen MR) is 165 cm³/mol. The number of unbranched alkanes of at least 4 members (excludes halogenated alkanes) is 13. The number of ketones is 1. The monoisotopic (exact) mass is 578 g/mol. The quantitative estimate of drug-likeness (QED) is 0.0447. The Hall–Kier alpha value is -3.68. The molecule has 1 aliphatic rings. The Balaban J connectivity index is 1.62. The smallest absolute Gasteiger partial charge is 0.295 e. The molecule has 2 aromatic rings. The standard InChI is InChI=1S/C34H46N2O6/c1-3-4-5-6-7-8-9-10-11-12-13-14-15-18-25-35-31(28-19-16-17-20-29(28)36(40)41)30(33(38)34(35)39)32(37)26-21-23-27(42-2)24-22-26/h16-17,19-24,31,37H,3-15,18,25H2,1-2H3/t31-/m0/s1. The molecular formula is C34H46N2O6. The average molecular weight is 579 g/mol. The zero-order valence-corrected chi connectivity index (χ0v) is 25.2. The molecule has 0 saturated carbocycles. The van der Waals surface area contributed by atoms with E-state index in [0.29, 0.717) is 17.7 Å². The van der Waals surface area contributed by atoms with Crippen molar-refractivity contribution in [1.82, 2.24) is 4.90 Å². The number of nitro groups is 1. The van der Waals surface area contributed by atoms with Crippen LogP contribution in [0.1, 0.15) is 114 Å². The van der Waals surface area contributed by atoms with Gasteiger partial charge in [-0.15, -0.1) is 0 Å². The van der Waals surface area contributed by atoms with Gasteiger partial charge in [-0.05, 0) is 36.8 Å². The van der Waals surface area contributed by atoms with Crippen LogP contribution in [0.3, 0.4) is 0 Å². The molecule has 1 heterocycles. The number of benzene rings is 2. The first kappa shape index (κ1) is 32.8. The van der Waals surface area contributed by atoms with E-state index in [0.717, 1.165) is 19.3 Å². The van der Waals surface area contributed by atoms with Crippen LogP contribution in [0.15, 0.2) is 54.1 Å². The van der Waals surface area contributed by atoms with Gasteiger partial charge in [-0.25, -0.2) is 0 Å². The van der Waals surface area contributed by atoms with Crippen molar-refractivity contribution in [3.8, 4) is 5.75 Å². The van der Waals surface area contributed by atoms with E-state index in [1.807, 2.05) is 0 Å². The number of nitro benzene ring substituents is 1. The van der Waals surface area contributed by atoms with Gasteiger partial charge >= 0.3 is 0 Å². The van der Waals surface area contributed by atoms with Gasteiger partial charge in [0.25, 0.3) is 17.4 Å². The van der Waals surface area contributed by atoms with E-state index in [2.05, 4.69) is 6.92 Å². The number of methoxy groups -OCH3 is 1. The summed E-state index contributed by atoms with van der Waals surface area (Å²) in [7, 11) is 1.52. The van der Waals surface area contributed by atoms with Crippen molar-refractivity contribution in [3.63, 3.8) is 0 Å². The lowest BCUT2D eigenvalue weighted by Crippen LogP contribution is -2.31. The maximum Gasteiger partial charge on any atom is 0.295 e.